The number of hydrogen-bond acceptors (Lipinski definition) is 2. The Balaban J connectivity index is 2.89. The molecule has 2 heteroatoms. The van der Waals surface area contributed by atoms with Gasteiger partial charge in [-0.15, -0.1) is 0 Å². The topological polar surface area (TPSA) is 38.0 Å². The molecule has 1 rings (SSSR count). The van der Waals surface area contributed by atoms with Crippen molar-refractivity contribution in [1.29, 1.82) is 0 Å². The highest BCUT2D eigenvalue weighted by Gasteiger charge is 2.14. The third-order valence-corrected chi connectivity index (χ3v) is 3.20. The lowest BCUT2D eigenvalue weighted by Crippen LogP contribution is -2.23. The summed E-state index contributed by atoms with van der Waals surface area (Å²) in [6, 6.07) is 7.05. The maximum absolute atomic E-state index is 5.69. The Morgan fingerprint density at radius 1 is 1.31 bits per heavy atom. The standard InChI is InChI=1S/C14H24N2/c1-10-5-6-12(3)13(7-10)14(16-4)8-11(2)9-15/h5-7,11,14,16H,8-9,15H2,1-4H3. The second-order valence-electron chi connectivity index (χ2n) is 4.78. The van der Waals surface area contributed by atoms with Crippen molar-refractivity contribution < 1.29 is 0 Å². The molecule has 0 heterocycles. The zero-order valence-electron chi connectivity index (χ0n) is 10.9. The van der Waals surface area contributed by atoms with Gasteiger partial charge in [0.05, 0.1) is 0 Å². The third-order valence-electron chi connectivity index (χ3n) is 3.20. The molecule has 0 saturated carbocycles. The molecule has 3 N–H and O–H groups in total. The number of nitrogens with two attached hydrogens (primary N) is 1. The van der Waals surface area contributed by atoms with Crippen molar-refractivity contribution in [2.75, 3.05) is 13.6 Å². The van der Waals surface area contributed by atoms with E-state index in [0.717, 1.165) is 13.0 Å². The number of rotatable bonds is 5. The van der Waals surface area contributed by atoms with Gasteiger partial charge in [-0.2, -0.15) is 0 Å². The molecule has 0 aliphatic rings. The lowest BCUT2D eigenvalue weighted by Gasteiger charge is -2.22. The number of aryl methyl sites for hydroxylation is 2. The Bertz CT molecular complexity index is 334. The molecule has 90 valence electrons. The highest BCUT2D eigenvalue weighted by molar-refractivity contribution is 5.33. The third kappa shape index (κ3) is 3.32. The molecular formula is C14H24N2. The van der Waals surface area contributed by atoms with Crippen LogP contribution in [0.4, 0.5) is 0 Å². The second-order valence-corrected chi connectivity index (χ2v) is 4.78. The van der Waals surface area contributed by atoms with Crippen LogP contribution < -0.4 is 11.1 Å². The van der Waals surface area contributed by atoms with Gasteiger partial charge in [-0.3, -0.25) is 0 Å². The molecule has 2 atom stereocenters. The van der Waals surface area contributed by atoms with Crippen LogP contribution in [0.25, 0.3) is 0 Å². The summed E-state index contributed by atoms with van der Waals surface area (Å²) in [5.41, 5.74) is 9.77. The molecule has 0 radical (unpaired) electrons. The van der Waals surface area contributed by atoms with E-state index in [9.17, 15) is 0 Å². The molecule has 0 saturated heterocycles. The van der Waals surface area contributed by atoms with E-state index in [1.165, 1.54) is 16.7 Å². The van der Waals surface area contributed by atoms with Gasteiger partial charge >= 0.3 is 0 Å². The van der Waals surface area contributed by atoms with Gasteiger partial charge in [0, 0.05) is 6.04 Å². The van der Waals surface area contributed by atoms with Crippen LogP contribution in [0.1, 0.15) is 36.1 Å². The van der Waals surface area contributed by atoms with Gasteiger partial charge in [0.15, 0.2) is 0 Å². The van der Waals surface area contributed by atoms with E-state index in [0.29, 0.717) is 12.0 Å². The van der Waals surface area contributed by atoms with Crippen LogP contribution in [-0.2, 0) is 0 Å². The summed E-state index contributed by atoms with van der Waals surface area (Å²) >= 11 is 0. The normalized spacial score (nSPS) is 14.8. The Hall–Kier alpha value is -0.860. The van der Waals surface area contributed by atoms with E-state index in [1.54, 1.807) is 0 Å². The lowest BCUT2D eigenvalue weighted by molar-refractivity contribution is 0.436. The smallest absolute Gasteiger partial charge is 0.0323 e. The van der Waals surface area contributed by atoms with Gasteiger partial charge in [0.1, 0.15) is 0 Å². The Morgan fingerprint density at radius 3 is 2.56 bits per heavy atom. The van der Waals surface area contributed by atoms with Gasteiger partial charge in [-0.25, -0.2) is 0 Å². The summed E-state index contributed by atoms with van der Waals surface area (Å²) in [6.07, 6.45) is 1.09. The van der Waals surface area contributed by atoms with Crippen molar-refractivity contribution in [3.8, 4) is 0 Å². The number of benzene rings is 1. The van der Waals surface area contributed by atoms with Crippen LogP contribution in [0.2, 0.25) is 0 Å². The lowest BCUT2D eigenvalue weighted by atomic mass is 9.92. The number of hydrogen-bond donors (Lipinski definition) is 2. The second kappa shape index (κ2) is 6.02. The van der Waals surface area contributed by atoms with Gasteiger partial charge in [0.25, 0.3) is 0 Å². The van der Waals surface area contributed by atoms with E-state index in [1.807, 2.05) is 7.05 Å². The number of nitrogens with one attached hydrogen (secondary N) is 1. The van der Waals surface area contributed by atoms with Crippen LogP contribution in [-0.4, -0.2) is 13.6 Å². The van der Waals surface area contributed by atoms with Crippen molar-refractivity contribution >= 4 is 0 Å². The fourth-order valence-electron chi connectivity index (χ4n) is 2.03. The van der Waals surface area contributed by atoms with Crippen LogP contribution >= 0.6 is 0 Å². The van der Waals surface area contributed by atoms with Crippen LogP contribution in [0.3, 0.4) is 0 Å². The van der Waals surface area contributed by atoms with E-state index in [2.05, 4.69) is 44.3 Å². The van der Waals surface area contributed by atoms with Crippen molar-refractivity contribution in [2.24, 2.45) is 11.7 Å². The van der Waals surface area contributed by atoms with Crippen molar-refractivity contribution in [3.05, 3.63) is 34.9 Å². The summed E-state index contributed by atoms with van der Waals surface area (Å²) < 4.78 is 0. The fourth-order valence-corrected chi connectivity index (χ4v) is 2.03. The minimum atomic E-state index is 0.415. The average Bonchev–Trinajstić information content (AvgIpc) is 2.29. The monoisotopic (exact) mass is 220 g/mol. The van der Waals surface area contributed by atoms with Gasteiger partial charge in [-0.05, 0) is 50.9 Å². The highest BCUT2D eigenvalue weighted by Crippen LogP contribution is 2.24. The molecule has 0 aliphatic heterocycles. The van der Waals surface area contributed by atoms with Crippen LogP contribution in [0.5, 0.6) is 0 Å². The zero-order valence-corrected chi connectivity index (χ0v) is 10.9. The Kier molecular flexibility index (Phi) is 4.97. The molecule has 0 aliphatic carbocycles. The molecule has 1 aromatic rings. The van der Waals surface area contributed by atoms with Crippen LogP contribution in [0, 0.1) is 19.8 Å². The molecule has 2 nitrogen and oxygen atoms in total. The molecule has 2 unspecified atom stereocenters. The molecule has 1 aromatic carbocycles. The Labute approximate surface area is 99.2 Å². The SMILES string of the molecule is CNC(CC(C)CN)c1cc(C)ccc1C. The molecule has 0 aromatic heterocycles. The fraction of sp³-hybridized carbons (Fsp3) is 0.571. The van der Waals surface area contributed by atoms with Gasteiger partial charge < -0.3 is 11.1 Å². The highest BCUT2D eigenvalue weighted by atomic mass is 14.9. The van der Waals surface area contributed by atoms with E-state index in [4.69, 9.17) is 5.73 Å². The molecule has 0 amide bonds. The minimum Gasteiger partial charge on any atom is -0.330 e. The summed E-state index contributed by atoms with van der Waals surface area (Å²) in [7, 11) is 2.02. The van der Waals surface area contributed by atoms with Gasteiger partial charge in [-0.1, -0.05) is 30.7 Å². The predicted octanol–water partition coefficient (Wildman–Crippen LogP) is 2.55. The quantitative estimate of drug-likeness (QED) is 0.800. The Morgan fingerprint density at radius 2 is 2.00 bits per heavy atom. The first kappa shape index (κ1) is 13.2. The predicted molar refractivity (Wildman–Crippen MR) is 70.6 cm³/mol. The zero-order chi connectivity index (χ0) is 12.1. The van der Waals surface area contributed by atoms with E-state index < -0.39 is 0 Å². The first-order chi connectivity index (χ1) is 7.58. The largest absolute Gasteiger partial charge is 0.330 e. The summed E-state index contributed by atoms with van der Waals surface area (Å²) in [5.74, 6) is 0.553. The summed E-state index contributed by atoms with van der Waals surface area (Å²) in [5, 5.41) is 3.40. The average molecular weight is 220 g/mol. The molecular weight excluding hydrogens is 196 g/mol. The molecule has 0 spiro atoms. The maximum atomic E-state index is 5.69. The minimum absolute atomic E-state index is 0.415. The van der Waals surface area contributed by atoms with E-state index in [-0.39, 0.29) is 0 Å². The first-order valence-electron chi connectivity index (χ1n) is 6.03. The maximum Gasteiger partial charge on any atom is 0.0323 e. The van der Waals surface area contributed by atoms with Crippen molar-refractivity contribution in [3.63, 3.8) is 0 Å². The van der Waals surface area contributed by atoms with Gasteiger partial charge in [0.2, 0.25) is 0 Å². The van der Waals surface area contributed by atoms with Crippen LogP contribution in [0.15, 0.2) is 18.2 Å². The molecule has 0 bridgehead atoms. The first-order valence-corrected chi connectivity index (χ1v) is 6.03. The van der Waals surface area contributed by atoms with Crippen molar-refractivity contribution in [1.82, 2.24) is 5.32 Å². The summed E-state index contributed by atoms with van der Waals surface area (Å²) in [4.78, 5) is 0. The molecule has 0 fully saturated rings. The molecule has 16 heavy (non-hydrogen) atoms. The van der Waals surface area contributed by atoms with Crippen molar-refractivity contribution in [2.45, 2.75) is 33.2 Å². The van der Waals surface area contributed by atoms with E-state index >= 15 is 0 Å². The summed E-state index contributed by atoms with van der Waals surface area (Å²) in [6.45, 7) is 7.27.